The van der Waals surface area contributed by atoms with Gasteiger partial charge < -0.3 is 15.7 Å². The minimum absolute atomic E-state index is 0.0178. The summed E-state index contributed by atoms with van der Waals surface area (Å²) >= 11 is 0. The second-order valence-electron chi connectivity index (χ2n) is 5.64. The Balaban J connectivity index is 2.17. The molecule has 0 spiro atoms. The van der Waals surface area contributed by atoms with Crippen molar-refractivity contribution in [1.82, 2.24) is 4.90 Å². The van der Waals surface area contributed by atoms with E-state index in [4.69, 9.17) is 5.73 Å². The van der Waals surface area contributed by atoms with Gasteiger partial charge in [0.15, 0.2) is 0 Å². The number of amides is 1. The lowest BCUT2D eigenvalue weighted by Gasteiger charge is -2.34. The maximum absolute atomic E-state index is 12.5. The molecule has 2 atom stereocenters. The van der Waals surface area contributed by atoms with Gasteiger partial charge in [0.25, 0.3) is 0 Å². The van der Waals surface area contributed by atoms with Crippen molar-refractivity contribution in [3.8, 4) is 0 Å². The van der Waals surface area contributed by atoms with Crippen molar-refractivity contribution >= 4 is 11.9 Å². The van der Waals surface area contributed by atoms with Crippen LogP contribution in [0, 0.1) is 5.92 Å². The fourth-order valence-corrected chi connectivity index (χ4v) is 2.85. The van der Waals surface area contributed by atoms with Crippen LogP contribution in [-0.4, -0.2) is 35.0 Å². The minimum atomic E-state index is -0.880. The van der Waals surface area contributed by atoms with Crippen LogP contribution in [-0.2, 0) is 16.1 Å². The predicted octanol–water partition coefficient (Wildman–Crippen LogP) is 1.57. The highest BCUT2D eigenvalue weighted by molar-refractivity contribution is 5.82. The van der Waals surface area contributed by atoms with Gasteiger partial charge in [0.1, 0.15) is 0 Å². The first-order valence-corrected chi connectivity index (χ1v) is 7.34. The van der Waals surface area contributed by atoms with Gasteiger partial charge >= 0.3 is 5.97 Å². The first kappa shape index (κ1) is 15.5. The van der Waals surface area contributed by atoms with Crippen LogP contribution in [0.25, 0.3) is 0 Å². The van der Waals surface area contributed by atoms with Gasteiger partial charge in [-0.3, -0.25) is 9.59 Å². The zero-order valence-electron chi connectivity index (χ0n) is 12.3. The lowest BCUT2D eigenvalue weighted by Crippen LogP contribution is -2.42. The summed E-state index contributed by atoms with van der Waals surface area (Å²) in [6, 6.07) is 7.46. The summed E-state index contributed by atoms with van der Waals surface area (Å²) in [6.07, 6.45) is 1.55. The topological polar surface area (TPSA) is 83.6 Å². The zero-order valence-corrected chi connectivity index (χ0v) is 12.3. The number of aliphatic carboxylic acids is 1. The maximum atomic E-state index is 12.5. The molecule has 2 rings (SSSR count). The molecule has 1 amide bonds. The molecule has 3 N–H and O–H groups in total. The van der Waals surface area contributed by atoms with E-state index in [1.165, 1.54) is 0 Å². The van der Waals surface area contributed by atoms with Crippen LogP contribution in [0.3, 0.4) is 0 Å². The van der Waals surface area contributed by atoms with E-state index >= 15 is 0 Å². The average molecular weight is 290 g/mol. The van der Waals surface area contributed by atoms with E-state index in [0.29, 0.717) is 13.1 Å². The Labute approximate surface area is 124 Å². The van der Waals surface area contributed by atoms with Crippen molar-refractivity contribution in [3.05, 3.63) is 35.4 Å². The summed E-state index contributed by atoms with van der Waals surface area (Å²) in [6.45, 7) is 3.19. The van der Waals surface area contributed by atoms with Gasteiger partial charge in [-0.2, -0.15) is 0 Å². The third-order valence-electron chi connectivity index (χ3n) is 4.07. The van der Waals surface area contributed by atoms with E-state index < -0.39 is 11.9 Å². The molecule has 114 valence electrons. The second-order valence-corrected chi connectivity index (χ2v) is 5.64. The standard InChI is InChI=1S/C16H22N2O3/c1-11(5-4-8-17)15(19)18-9-12-6-2-3-7-13(12)14(10-18)16(20)21/h2-3,6-7,11,14H,4-5,8-10,17H2,1H3,(H,20,21). The molecule has 0 saturated heterocycles. The molecule has 2 unspecified atom stereocenters. The Bertz CT molecular complexity index is 530. The van der Waals surface area contributed by atoms with E-state index in [0.717, 1.165) is 24.0 Å². The Morgan fingerprint density at radius 3 is 2.81 bits per heavy atom. The number of carboxylic acids is 1. The summed E-state index contributed by atoms with van der Waals surface area (Å²) in [4.78, 5) is 25.6. The largest absolute Gasteiger partial charge is 0.481 e. The fourth-order valence-electron chi connectivity index (χ4n) is 2.85. The number of benzene rings is 1. The molecule has 1 aromatic carbocycles. The highest BCUT2D eigenvalue weighted by atomic mass is 16.4. The molecule has 0 aliphatic carbocycles. The predicted molar refractivity (Wildman–Crippen MR) is 79.7 cm³/mol. The molecule has 0 radical (unpaired) electrons. The molecule has 5 heteroatoms. The average Bonchev–Trinajstić information content (AvgIpc) is 2.50. The lowest BCUT2D eigenvalue weighted by molar-refractivity contribution is -0.142. The SMILES string of the molecule is CC(CCCN)C(=O)N1Cc2ccccc2C(C(=O)O)C1. The van der Waals surface area contributed by atoms with Crippen LogP contribution < -0.4 is 5.73 Å². The van der Waals surface area contributed by atoms with Gasteiger partial charge in [-0.1, -0.05) is 31.2 Å². The summed E-state index contributed by atoms with van der Waals surface area (Å²) in [5, 5.41) is 9.41. The Hall–Kier alpha value is -1.88. The summed E-state index contributed by atoms with van der Waals surface area (Å²) in [5.41, 5.74) is 7.23. The molecular weight excluding hydrogens is 268 g/mol. The number of fused-ring (bicyclic) bond motifs is 1. The number of carbonyl (C=O) groups excluding carboxylic acids is 1. The number of carboxylic acid groups (broad SMARTS) is 1. The molecular formula is C16H22N2O3. The van der Waals surface area contributed by atoms with Crippen LogP contribution in [0.5, 0.6) is 0 Å². The van der Waals surface area contributed by atoms with Crippen LogP contribution in [0.1, 0.15) is 36.8 Å². The molecule has 1 aliphatic rings. The smallest absolute Gasteiger partial charge is 0.312 e. The van der Waals surface area contributed by atoms with Gasteiger partial charge in [0, 0.05) is 19.0 Å². The van der Waals surface area contributed by atoms with Crippen LogP contribution in [0.4, 0.5) is 0 Å². The highest BCUT2D eigenvalue weighted by Crippen LogP contribution is 2.29. The lowest BCUT2D eigenvalue weighted by atomic mass is 9.89. The molecule has 1 aromatic rings. The summed E-state index contributed by atoms with van der Waals surface area (Å²) in [7, 11) is 0. The molecule has 1 aliphatic heterocycles. The number of hydrogen-bond donors (Lipinski definition) is 2. The molecule has 1 heterocycles. The van der Waals surface area contributed by atoms with Crippen LogP contribution >= 0.6 is 0 Å². The van der Waals surface area contributed by atoms with E-state index in [2.05, 4.69) is 0 Å². The fraction of sp³-hybridized carbons (Fsp3) is 0.500. The normalized spacial score (nSPS) is 19.0. The second kappa shape index (κ2) is 6.72. The monoisotopic (exact) mass is 290 g/mol. The van der Waals surface area contributed by atoms with Crippen molar-refractivity contribution in [1.29, 1.82) is 0 Å². The Morgan fingerprint density at radius 1 is 1.43 bits per heavy atom. The number of rotatable bonds is 5. The zero-order chi connectivity index (χ0) is 15.4. The van der Waals surface area contributed by atoms with Crippen molar-refractivity contribution in [2.45, 2.75) is 32.2 Å². The van der Waals surface area contributed by atoms with E-state index in [1.807, 2.05) is 31.2 Å². The van der Waals surface area contributed by atoms with Crippen LogP contribution in [0.15, 0.2) is 24.3 Å². The van der Waals surface area contributed by atoms with Gasteiger partial charge in [0.2, 0.25) is 5.91 Å². The van der Waals surface area contributed by atoms with Crippen molar-refractivity contribution in [3.63, 3.8) is 0 Å². The third-order valence-corrected chi connectivity index (χ3v) is 4.07. The van der Waals surface area contributed by atoms with Crippen molar-refractivity contribution < 1.29 is 14.7 Å². The quantitative estimate of drug-likeness (QED) is 0.862. The molecule has 0 saturated carbocycles. The summed E-state index contributed by atoms with van der Waals surface area (Å²) in [5.74, 6) is -1.62. The van der Waals surface area contributed by atoms with Gasteiger partial charge in [-0.25, -0.2) is 0 Å². The summed E-state index contributed by atoms with van der Waals surface area (Å²) < 4.78 is 0. The molecule has 0 aromatic heterocycles. The van der Waals surface area contributed by atoms with Gasteiger partial charge in [-0.15, -0.1) is 0 Å². The van der Waals surface area contributed by atoms with Crippen molar-refractivity contribution in [2.24, 2.45) is 11.7 Å². The molecule has 0 fully saturated rings. The van der Waals surface area contributed by atoms with Crippen molar-refractivity contribution in [2.75, 3.05) is 13.1 Å². The number of carbonyl (C=O) groups is 2. The molecule has 0 bridgehead atoms. The van der Waals surface area contributed by atoms with Crippen LogP contribution in [0.2, 0.25) is 0 Å². The first-order chi connectivity index (χ1) is 10.0. The van der Waals surface area contributed by atoms with Gasteiger partial charge in [-0.05, 0) is 30.5 Å². The molecule has 21 heavy (non-hydrogen) atoms. The van der Waals surface area contributed by atoms with E-state index in [9.17, 15) is 14.7 Å². The maximum Gasteiger partial charge on any atom is 0.312 e. The number of hydrogen-bond acceptors (Lipinski definition) is 3. The Kier molecular flexibility index (Phi) is 4.96. The third kappa shape index (κ3) is 3.42. The van der Waals surface area contributed by atoms with Gasteiger partial charge in [0.05, 0.1) is 5.92 Å². The van der Waals surface area contributed by atoms with E-state index in [1.54, 1.807) is 4.90 Å². The first-order valence-electron chi connectivity index (χ1n) is 7.34. The van der Waals surface area contributed by atoms with E-state index in [-0.39, 0.29) is 18.4 Å². The highest BCUT2D eigenvalue weighted by Gasteiger charge is 2.33. The minimum Gasteiger partial charge on any atom is -0.481 e. The Morgan fingerprint density at radius 2 is 2.14 bits per heavy atom. The number of nitrogens with zero attached hydrogens (tertiary/aromatic N) is 1. The number of nitrogens with two attached hydrogens (primary N) is 1. The molecule has 5 nitrogen and oxygen atoms in total.